The third-order valence-electron chi connectivity index (χ3n) is 1.43. The van der Waals surface area contributed by atoms with Crippen molar-refractivity contribution in [3.63, 3.8) is 0 Å². The second kappa shape index (κ2) is 29.4. The van der Waals surface area contributed by atoms with Crippen molar-refractivity contribution in [2.75, 3.05) is 19.6 Å². The number of hydrogen-bond acceptors (Lipinski definition) is 2. The van der Waals surface area contributed by atoms with Crippen LogP contribution in [0.3, 0.4) is 0 Å². The van der Waals surface area contributed by atoms with Crippen LogP contribution in [0.2, 0.25) is 0 Å². The molecular formula is C12H29N2OV-3. The molecule has 1 radical (unpaired) electrons. The molecule has 0 atom stereocenters. The number of hydrogen-bond donors (Lipinski definition) is 1. The van der Waals surface area contributed by atoms with E-state index in [0.717, 1.165) is 19.6 Å². The minimum Gasteiger partial charge on any atom is -0.370 e. The molecule has 0 bridgehead atoms. The second-order valence-corrected chi connectivity index (χ2v) is 2.25. The number of nitrogens with zero attached hydrogens (tertiary/aromatic N) is 1. The molecule has 0 saturated carbocycles. The van der Waals surface area contributed by atoms with Gasteiger partial charge in [-0.3, -0.25) is 4.79 Å². The van der Waals surface area contributed by atoms with E-state index in [1.54, 1.807) is 13.8 Å². The molecule has 0 fully saturated rings. The van der Waals surface area contributed by atoms with Gasteiger partial charge in [0.05, 0.1) is 0 Å². The van der Waals surface area contributed by atoms with Gasteiger partial charge in [-0.1, -0.05) is 21.3 Å². The van der Waals surface area contributed by atoms with Crippen LogP contribution in [0.5, 0.6) is 0 Å². The summed E-state index contributed by atoms with van der Waals surface area (Å²) in [6, 6.07) is 0. The molecule has 16 heavy (non-hydrogen) atoms. The molecule has 4 heteroatoms. The summed E-state index contributed by atoms with van der Waals surface area (Å²) in [4.78, 5) is 11.7. The van der Waals surface area contributed by atoms with Crippen LogP contribution in [0.15, 0.2) is 0 Å². The van der Waals surface area contributed by atoms with Crippen LogP contribution in [0.1, 0.15) is 34.6 Å². The maximum atomic E-state index is 9.59. The van der Waals surface area contributed by atoms with Crippen molar-refractivity contribution in [1.29, 1.82) is 0 Å². The molecule has 0 unspecified atom stereocenters. The van der Waals surface area contributed by atoms with Gasteiger partial charge in [-0.15, -0.1) is 13.1 Å². The molecule has 1 amide bonds. The van der Waals surface area contributed by atoms with Gasteiger partial charge in [-0.2, -0.15) is 6.92 Å². The monoisotopic (exact) mass is 268 g/mol. The standard InChI is InChI=1S/C6H13N.C3H7NO.C2H5.CH4.V/c1-4-7(5-2)6-3;1-2-3(4)5;1-2;;/h1-2,4-6H2,3H3;2H2,1H3,(H2,4,5);1H2,2H3;1H4;/q-2;;-1;;. The van der Waals surface area contributed by atoms with Crippen molar-refractivity contribution in [1.82, 2.24) is 4.90 Å². The Morgan fingerprint density at radius 1 is 1.19 bits per heavy atom. The first-order valence-electron chi connectivity index (χ1n) is 4.92. The average molecular weight is 268 g/mol. The van der Waals surface area contributed by atoms with Gasteiger partial charge >= 0.3 is 0 Å². The molecule has 2 N–H and O–H groups in total. The average Bonchev–Trinajstić information content (AvgIpc) is 2.24. The van der Waals surface area contributed by atoms with Gasteiger partial charge in [-0.25, -0.2) is 0 Å². The van der Waals surface area contributed by atoms with Crippen LogP contribution in [0.25, 0.3) is 0 Å². The summed E-state index contributed by atoms with van der Waals surface area (Å²) in [6.45, 7) is 19.1. The summed E-state index contributed by atoms with van der Waals surface area (Å²) in [5.41, 5.74) is 4.65. The molecule has 0 aromatic rings. The first-order valence-corrected chi connectivity index (χ1v) is 4.92. The molecule has 0 aliphatic carbocycles. The summed E-state index contributed by atoms with van der Waals surface area (Å²) >= 11 is 0. The van der Waals surface area contributed by atoms with Crippen molar-refractivity contribution in [3.05, 3.63) is 20.8 Å². The van der Waals surface area contributed by atoms with Crippen molar-refractivity contribution < 1.29 is 23.4 Å². The quantitative estimate of drug-likeness (QED) is 0.795. The van der Waals surface area contributed by atoms with Gasteiger partial charge in [0.1, 0.15) is 0 Å². The van der Waals surface area contributed by atoms with Crippen molar-refractivity contribution >= 4 is 5.91 Å². The first-order chi connectivity index (χ1) is 6.62. The van der Waals surface area contributed by atoms with Gasteiger partial charge < -0.3 is 31.4 Å². The van der Waals surface area contributed by atoms with E-state index in [1.807, 2.05) is 0 Å². The molecule has 0 aliphatic heterocycles. The summed E-state index contributed by atoms with van der Waals surface area (Å²) in [5.74, 6) is -0.245. The molecule has 0 heterocycles. The minimum atomic E-state index is -0.245. The number of primary amides is 1. The Labute approximate surface area is 115 Å². The Kier molecular flexibility index (Phi) is 54.7. The zero-order valence-electron chi connectivity index (χ0n) is 10.3. The minimum absolute atomic E-state index is 0. The van der Waals surface area contributed by atoms with E-state index in [-0.39, 0.29) is 31.9 Å². The fourth-order valence-corrected chi connectivity index (χ4v) is 0.428. The van der Waals surface area contributed by atoms with Crippen molar-refractivity contribution in [3.8, 4) is 0 Å². The molecule has 3 nitrogen and oxygen atoms in total. The van der Waals surface area contributed by atoms with Gasteiger partial charge in [0.25, 0.3) is 0 Å². The van der Waals surface area contributed by atoms with Crippen molar-refractivity contribution in [2.24, 2.45) is 5.73 Å². The van der Waals surface area contributed by atoms with E-state index < -0.39 is 0 Å². The molecule has 0 aromatic carbocycles. The molecule has 0 spiro atoms. The Morgan fingerprint density at radius 2 is 1.44 bits per heavy atom. The smallest absolute Gasteiger partial charge is 0.217 e. The zero-order chi connectivity index (χ0) is 12.0. The Morgan fingerprint density at radius 3 is 1.44 bits per heavy atom. The van der Waals surface area contributed by atoms with E-state index in [9.17, 15) is 4.79 Å². The first kappa shape index (κ1) is 29.8. The summed E-state index contributed by atoms with van der Waals surface area (Å²) < 4.78 is 0. The van der Waals surface area contributed by atoms with E-state index in [4.69, 9.17) is 0 Å². The third-order valence-corrected chi connectivity index (χ3v) is 1.43. The summed E-state index contributed by atoms with van der Waals surface area (Å²) in [7, 11) is 0. The molecule has 0 rings (SSSR count). The normalized spacial score (nSPS) is 7.19. The number of rotatable bonds is 4. The maximum Gasteiger partial charge on any atom is 0.217 e. The topological polar surface area (TPSA) is 46.3 Å². The predicted molar refractivity (Wildman–Crippen MR) is 70.1 cm³/mol. The van der Waals surface area contributed by atoms with Crippen LogP contribution in [0, 0.1) is 20.8 Å². The van der Waals surface area contributed by atoms with E-state index in [2.05, 4.69) is 38.3 Å². The fourth-order valence-electron chi connectivity index (χ4n) is 0.428. The van der Waals surface area contributed by atoms with Gasteiger partial charge in [0.2, 0.25) is 5.91 Å². The molecule has 0 aliphatic rings. The Hall–Kier alpha value is 0.0144. The Bertz CT molecular complexity index is 102. The molecular weight excluding hydrogens is 239 g/mol. The Balaban J connectivity index is -0.0000000404. The SMILES string of the molecule is C.CCC(N)=O.[CH2-]C.[CH2-]CN(C[CH2-])CC.[V]. The summed E-state index contributed by atoms with van der Waals surface area (Å²) in [5, 5.41) is 0. The summed E-state index contributed by atoms with van der Waals surface area (Å²) in [6.07, 6.45) is 0.444. The molecule has 0 aromatic heterocycles. The number of carbonyl (C=O) groups is 1. The van der Waals surface area contributed by atoms with Crippen molar-refractivity contribution in [2.45, 2.75) is 34.6 Å². The van der Waals surface area contributed by atoms with Crippen LogP contribution < -0.4 is 5.73 Å². The van der Waals surface area contributed by atoms with E-state index >= 15 is 0 Å². The van der Waals surface area contributed by atoms with E-state index in [1.165, 1.54) is 0 Å². The largest absolute Gasteiger partial charge is 0.370 e. The van der Waals surface area contributed by atoms with Gasteiger partial charge in [-0.05, 0) is 6.54 Å². The number of nitrogens with two attached hydrogens (primary N) is 1. The molecule has 0 saturated heterocycles. The van der Waals surface area contributed by atoms with E-state index in [0.29, 0.717) is 6.42 Å². The third kappa shape index (κ3) is 37.0. The zero-order valence-corrected chi connectivity index (χ0v) is 11.7. The van der Waals surface area contributed by atoms with Crippen LogP contribution >= 0.6 is 0 Å². The molecule has 101 valence electrons. The van der Waals surface area contributed by atoms with Crippen LogP contribution in [0.4, 0.5) is 0 Å². The second-order valence-electron chi connectivity index (χ2n) is 2.25. The fraction of sp³-hybridized carbons (Fsp3) is 0.667. The maximum absolute atomic E-state index is 9.59. The van der Waals surface area contributed by atoms with Crippen LogP contribution in [-0.4, -0.2) is 30.4 Å². The van der Waals surface area contributed by atoms with Crippen LogP contribution in [-0.2, 0) is 23.4 Å². The number of carbonyl (C=O) groups excluding carboxylic acids is 1. The number of amides is 1. The van der Waals surface area contributed by atoms with Gasteiger partial charge in [0, 0.05) is 25.0 Å². The van der Waals surface area contributed by atoms with Gasteiger partial charge in [0.15, 0.2) is 0 Å². The predicted octanol–water partition coefficient (Wildman–Crippen LogP) is 2.33.